The fourth-order valence-corrected chi connectivity index (χ4v) is 2.01. The highest BCUT2D eigenvalue weighted by atomic mass is 16.5. The molecular formula is C12H12N2O3. The summed E-state index contributed by atoms with van der Waals surface area (Å²) in [5.41, 5.74) is 1.86. The van der Waals surface area contributed by atoms with E-state index >= 15 is 0 Å². The van der Waals surface area contributed by atoms with Crippen LogP contribution in [0.4, 0.5) is 0 Å². The van der Waals surface area contributed by atoms with Gasteiger partial charge in [-0.2, -0.15) is 0 Å². The molecule has 17 heavy (non-hydrogen) atoms. The molecule has 1 aromatic carbocycles. The third-order valence-corrected chi connectivity index (χ3v) is 2.98. The summed E-state index contributed by atoms with van der Waals surface area (Å²) in [4.78, 5) is 10.9. The van der Waals surface area contributed by atoms with Crippen LogP contribution in [-0.4, -0.2) is 16.8 Å². The van der Waals surface area contributed by atoms with Gasteiger partial charge in [0, 0.05) is 16.5 Å². The molecule has 1 aliphatic heterocycles. The number of nitrogens with one attached hydrogen (secondary N) is 1. The van der Waals surface area contributed by atoms with Gasteiger partial charge in [0.2, 0.25) is 5.89 Å². The number of H-pyrrole nitrogens is 1. The maximum Gasteiger partial charge on any atom is 0.434 e. The van der Waals surface area contributed by atoms with Gasteiger partial charge in [-0.3, -0.25) is 0 Å². The molecule has 1 aromatic heterocycles. The normalized spacial score (nSPS) is 16.6. The minimum Gasteiger partial charge on any atom is -0.492 e. The van der Waals surface area contributed by atoms with Gasteiger partial charge in [-0.25, -0.2) is 9.89 Å². The maximum absolute atomic E-state index is 10.9. The molecule has 0 fully saturated rings. The first-order chi connectivity index (χ1) is 8.06. The smallest absolute Gasteiger partial charge is 0.434 e. The summed E-state index contributed by atoms with van der Waals surface area (Å²) in [5.74, 6) is 0.646. The third-order valence-electron chi connectivity index (χ3n) is 2.98. The van der Waals surface area contributed by atoms with Crippen molar-refractivity contribution in [1.82, 2.24) is 10.2 Å². The first-order valence-corrected chi connectivity index (χ1v) is 5.39. The number of nitrogens with zero attached hydrogens (tertiary/aromatic N) is 1. The van der Waals surface area contributed by atoms with Gasteiger partial charge in [0.15, 0.2) is 0 Å². The minimum atomic E-state index is -0.545. The molecule has 0 saturated heterocycles. The first kappa shape index (κ1) is 10.1. The summed E-state index contributed by atoms with van der Waals surface area (Å²) in [6, 6.07) is 5.68. The highest BCUT2D eigenvalue weighted by molar-refractivity contribution is 5.59. The summed E-state index contributed by atoms with van der Waals surface area (Å²) in [5, 5.41) is 6.07. The molecule has 0 atom stereocenters. The largest absolute Gasteiger partial charge is 0.492 e. The molecule has 2 aromatic rings. The van der Waals surface area contributed by atoms with E-state index in [-0.39, 0.29) is 5.41 Å². The summed E-state index contributed by atoms with van der Waals surface area (Å²) in [6.07, 6.45) is 0. The Hall–Kier alpha value is -2.04. The van der Waals surface area contributed by atoms with Crippen LogP contribution >= 0.6 is 0 Å². The SMILES string of the molecule is CC1(C)COc2ccc(-c3n[nH]c(=O)o3)cc21. The van der Waals surface area contributed by atoms with Crippen molar-refractivity contribution in [1.29, 1.82) is 0 Å². The van der Waals surface area contributed by atoms with Crippen molar-refractivity contribution < 1.29 is 9.15 Å². The zero-order chi connectivity index (χ0) is 12.0. The van der Waals surface area contributed by atoms with E-state index in [9.17, 15) is 4.79 Å². The highest BCUT2D eigenvalue weighted by Gasteiger charge is 2.32. The second-order valence-electron chi connectivity index (χ2n) is 4.80. The van der Waals surface area contributed by atoms with Gasteiger partial charge < -0.3 is 9.15 Å². The van der Waals surface area contributed by atoms with Gasteiger partial charge in [-0.15, -0.1) is 5.10 Å². The van der Waals surface area contributed by atoms with E-state index in [0.29, 0.717) is 12.5 Å². The van der Waals surface area contributed by atoms with E-state index in [0.717, 1.165) is 16.9 Å². The van der Waals surface area contributed by atoms with Crippen LogP contribution in [-0.2, 0) is 5.41 Å². The lowest BCUT2D eigenvalue weighted by Crippen LogP contribution is -2.18. The number of hydrogen-bond donors (Lipinski definition) is 1. The van der Waals surface area contributed by atoms with Crippen LogP contribution in [0.3, 0.4) is 0 Å². The van der Waals surface area contributed by atoms with Crippen molar-refractivity contribution >= 4 is 0 Å². The fraction of sp³-hybridized carbons (Fsp3) is 0.333. The zero-order valence-corrected chi connectivity index (χ0v) is 9.61. The second-order valence-corrected chi connectivity index (χ2v) is 4.80. The van der Waals surface area contributed by atoms with Crippen molar-refractivity contribution in [2.75, 3.05) is 6.61 Å². The van der Waals surface area contributed by atoms with Crippen LogP contribution in [0.15, 0.2) is 27.4 Å². The number of rotatable bonds is 1. The summed E-state index contributed by atoms with van der Waals surface area (Å²) in [6.45, 7) is 4.89. The first-order valence-electron chi connectivity index (χ1n) is 5.39. The molecule has 2 heterocycles. The van der Waals surface area contributed by atoms with Crippen LogP contribution in [0.1, 0.15) is 19.4 Å². The van der Waals surface area contributed by atoms with Crippen LogP contribution in [0, 0.1) is 0 Å². The van der Waals surface area contributed by atoms with Crippen LogP contribution in [0.2, 0.25) is 0 Å². The van der Waals surface area contributed by atoms with Crippen molar-refractivity contribution in [2.45, 2.75) is 19.3 Å². The van der Waals surface area contributed by atoms with Gasteiger partial charge in [0.05, 0.1) is 6.61 Å². The van der Waals surface area contributed by atoms with E-state index in [1.54, 1.807) is 0 Å². The zero-order valence-electron chi connectivity index (χ0n) is 9.61. The Bertz CT molecular complexity index is 625. The minimum absolute atomic E-state index is 0.0258. The molecule has 5 nitrogen and oxygen atoms in total. The van der Waals surface area contributed by atoms with Crippen molar-refractivity contribution in [3.05, 3.63) is 34.3 Å². The number of ether oxygens (including phenoxy) is 1. The molecule has 0 saturated carbocycles. The Morgan fingerprint density at radius 3 is 2.94 bits per heavy atom. The predicted octanol–water partition coefficient (Wildman–Crippen LogP) is 1.70. The molecule has 5 heteroatoms. The number of aromatic amines is 1. The third kappa shape index (κ3) is 1.54. The lowest BCUT2D eigenvalue weighted by Gasteiger charge is -2.15. The number of hydrogen-bond acceptors (Lipinski definition) is 4. The van der Waals surface area contributed by atoms with E-state index in [1.807, 2.05) is 18.2 Å². The molecule has 3 rings (SSSR count). The number of benzene rings is 1. The van der Waals surface area contributed by atoms with Crippen LogP contribution < -0.4 is 10.5 Å². The average Bonchev–Trinajstić information content (AvgIpc) is 2.84. The van der Waals surface area contributed by atoms with Gasteiger partial charge in [-0.05, 0) is 18.2 Å². The predicted molar refractivity (Wildman–Crippen MR) is 61.1 cm³/mol. The Morgan fingerprint density at radius 1 is 1.41 bits per heavy atom. The average molecular weight is 232 g/mol. The number of aromatic nitrogens is 2. The number of fused-ring (bicyclic) bond motifs is 1. The van der Waals surface area contributed by atoms with Crippen molar-refractivity contribution in [2.24, 2.45) is 0 Å². The van der Waals surface area contributed by atoms with Gasteiger partial charge in [0.25, 0.3) is 0 Å². The highest BCUT2D eigenvalue weighted by Crippen LogP contribution is 2.40. The monoisotopic (exact) mass is 232 g/mol. The van der Waals surface area contributed by atoms with E-state index in [4.69, 9.17) is 9.15 Å². The molecule has 0 amide bonds. The van der Waals surface area contributed by atoms with Gasteiger partial charge >= 0.3 is 5.76 Å². The standard InChI is InChI=1S/C12H12N2O3/c1-12(2)6-16-9-4-3-7(5-8(9)12)10-13-14-11(15)17-10/h3-5H,6H2,1-2H3,(H,14,15). The Kier molecular flexibility index (Phi) is 1.92. The van der Waals surface area contributed by atoms with Gasteiger partial charge in [0.1, 0.15) is 5.75 Å². The molecule has 0 bridgehead atoms. The molecule has 0 radical (unpaired) electrons. The lowest BCUT2D eigenvalue weighted by atomic mass is 9.86. The lowest BCUT2D eigenvalue weighted by molar-refractivity contribution is 0.291. The quantitative estimate of drug-likeness (QED) is 0.812. The van der Waals surface area contributed by atoms with Crippen LogP contribution in [0.5, 0.6) is 5.75 Å². The summed E-state index contributed by atoms with van der Waals surface area (Å²) < 4.78 is 10.5. The maximum atomic E-state index is 10.9. The Labute approximate surface area is 97.4 Å². The van der Waals surface area contributed by atoms with E-state index in [2.05, 4.69) is 24.0 Å². The second kappa shape index (κ2) is 3.23. The van der Waals surface area contributed by atoms with Crippen LogP contribution in [0.25, 0.3) is 11.5 Å². The topological polar surface area (TPSA) is 68.1 Å². The molecule has 1 N–H and O–H groups in total. The molecule has 0 spiro atoms. The molecule has 0 aliphatic carbocycles. The van der Waals surface area contributed by atoms with E-state index < -0.39 is 5.76 Å². The Morgan fingerprint density at radius 2 is 2.24 bits per heavy atom. The Balaban J connectivity index is 2.13. The fourth-order valence-electron chi connectivity index (χ4n) is 2.01. The molecule has 1 aliphatic rings. The molecule has 0 unspecified atom stereocenters. The van der Waals surface area contributed by atoms with Gasteiger partial charge in [-0.1, -0.05) is 13.8 Å². The van der Waals surface area contributed by atoms with Crippen molar-refractivity contribution in [3.63, 3.8) is 0 Å². The summed E-state index contributed by atoms with van der Waals surface area (Å²) >= 11 is 0. The summed E-state index contributed by atoms with van der Waals surface area (Å²) in [7, 11) is 0. The molecule has 88 valence electrons. The van der Waals surface area contributed by atoms with Crippen molar-refractivity contribution in [3.8, 4) is 17.2 Å². The molecular weight excluding hydrogens is 220 g/mol. The van der Waals surface area contributed by atoms with E-state index in [1.165, 1.54) is 0 Å².